The van der Waals surface area contributed by atoms with E-state index in [0.717, 1.165) is 0 Å². The fourth-order valence-corrected chi connectivity index (χ4v) is 1.11. The van der Waals surface area contributed by atoms with Crippen LogP contribution in [0.25, 0.3) is 0 Å². The Hall–Kier alpha value is -1.24. The Balaban J connectivity index is 2.43. The lowest BCUT2D eigenvalue weighted by atomic mass is 10.7. The number of oxime groups is 1. The van der Waals surface area contributed by atoms with Gasteiger partial charge in [0, 0.05) is 6.92 Å². The molecule has 0 aromatic carbocycles. The second-order valence-electron chi connectivity index (χ2n) is 1.97. The SMILES string of the molecule is Cc1nnc(SCC(N)=NO)o1. The maximum Gasteiger partial charge on any atom is 0.277 e. The summed E-state index contributed by atoms with van der Waals surface area (Å²) in [5, 5.41) is 18.7. The van der Waals surface area contributed by atoms with Crippen LogP contribution in [0.1, 0.15) is 5.89 Å². The van der Waals surface area contributed by atoms with Crippen molar-refractivity contribution in [3.05, 3.63) is 5.89 Å². The molecule has 66 valence electrons. The van der Waals surface area contributed by atoms with Gasteiger partial charge in [0.1, 0.15) is 5.84 Å². The van der Waals surface area contributed by atoms with E-state index in [9.17, 15) is 0 Å². The summed E-state index contributed by atoms with van der Waals surface area (Å²) >= 11 is 1.22. The van der Waals surface area contributed by atoms with Crippen LogP contribution < -0.4 is 5.73 Å². The molecule has 0 saturated heterocycles. The van der Waals surface area contributed by atoms with E-state index in [-0.39, 0.29) is 5.84 Å². The van der Waals surface area contributed by atoms with Crippen LogP contribution >= 0.6 is 11.8 Å². The topological polar surface area (TPSA) is 97.5 Å². The average molecular weight is 188 g/mol. The number of rotatable bonds is 3. The number of hydrogen-bond acceptors (Lipinski definition) is 6. The third kappa shape index (κ3) is 2.42. The molecule has 3 N–H and O–H groups in total. The third-order valence-corrected chi connectivity index (χ3v) is 1.83. The zero-order valence-electron chi connectivity index (χ0n) is 6.39. The molecule has 0 fully saturated rings. The molecule has 1 heterocycles. The van der Waals surface area contributed by atoms with Gasteiger partial charge in [-0.1, -0.05) is 16.9 Å². The van der Waals surface area contributed by atoms with Crippen molar-refractivity contribution in [1.29, 1.82) is 0 Å². The van der Waals surface area contributed by atoms with Crippen molar-refractivity contribution in [2.24, 2.45) is 10.9 Å². The van der Waals surface area contributed by atoms with Gasteiger partial charge in [0.05, 0.1) is 5.75 Å². The van der Waals surface area contributed by atoms with E-state index in [1.807, 2.05) is 0 Å². The third-order valence-electron chi connectivity index (χ3n) is 0.979. The summed E-state index contributed by atoms with van der Waals surface area (Å²) in [5.74, 6) is 0.950. The molecule has 0 atom stereocenters. The number of nitrogens with two attached hydrogens (primary N) is 1. The smallest absolute Gasteiger partial charge is 0.277 e. The molecule has 1 rings (SSSR count). The molecule has 7 heteroatoms. The lowest BCUT2D eigenvalue weighted by Crippen LogP contribution is -2.14. The molecule has 0 spiro atoms. The molecule has 0 amide bonds. The van der Waals surface area contributed by atoms with Gasteiger partial charge in [0.15, 0.2) is 0 Å². The van der Waals surface area contributed by atoms with Gasteiger partial charge >= 0.3 is 0 Å². The fraction of sp³-hybridized carbons (Fsp3) is 0.400. The zero-order chi connectivity index (χ0) is 8.97. The molecule has 0 unspecified atom stereocenters. The van der Waals surface area contributed by atoms with Crippen molar-refractivity contribution in [3.63, 3.8) is 0 Å². The summed E-state index contributed by atoms with van der Waals surface area (Å²) < 4.78 is 5.03. The van der Waals surface area contributed by atoms with E-state index < -0.39 is 0 Å². The Morgan fingerprint density at radius 2 is 2.50 bits per heavy atom. The van der Waals surface area contributed by atoms with Gasteiger partial charge < -0.3 is 15.4 Å². The summed E-state index contributed by atoms with van der Waals surface area (Å²) in [5.41, 5.74) is 5.22. The molecule has 1 aromatic heterocycles. The minimum atomic E-state index is 0.121. The van der Waals surface area contributed by atoms with Crippen LogP contribution in [-0.2, 0) is 0 Å². The Morgan fingerprint density at radius 1 is 1.75 bits per heavy atom. The molecular formula is C5H8N4O2S. The van der Waals surface area contributed by atoms with Crippen molar-refractivity contribution in [3.8, 4) is 0 Å². The number of amidine groups is 1. The van der Waals surface area contributed by atoms with Gasteiger partial charge in [-0.3, -0.25) is 0 Å². The number of thioether (sulfide) groups is 1. The van der Waals surface area contributed by atoms with Gasteiger partial charge in [-0.2, -0.15) is 0 Å². The number of aryl methyl sites for hydroxylation is 1. The van der Waals surface area contributed by atoms with Crippen molar-refractivity contribution in [1.82, 2.24) is 10.2 Å². The highest BCUT2D eigenvalue weighted by Crippen LogP contribution is 2.14. The zero-order valence-corrected chi connectivity index (χ0v) is 7.21. The normalized spacial score (nSPS) is 11.9. The minimum absolute atomic E-state index is 0.121. The lowest BCUT2D eigenvalue weighted by molar-refractivity contribution is 0.318. The monoisotopic (exact) mass is 188 g/mol. The first-order valence-corrected chi connectivity index (χ1v) is 4.10. The Bertz CT molecular complexity index is 285. The van der Waals surface area contributed by atoms with Crippen LogP contribution in [0, 0.1) is 6.92 Å². The van der Waals surface area contributed by atoms with E-state index in [1.54, 1.807) is 6.92 Å². The predicted octanol–water partition coefficient (Wildman–Crippen LogP) is 0.217. The van der Waals surface area contributed by atoms with Crippen LogP contribution in [0.4, 0.5) is 0 Å². The highest BCUT2D eigenvalue weighted by atomic mass is 32.2. The molecule has 0 bridgehead atoms. The van der Waals surface area contributed by atoms with E-state index >= 15 is 0 Å². The summed E-state index contributed by atoms with van der Waals surface area (Å²) in [4.78, 5) is 0. The van der Waals surface area contributed by atoms with Crippen molar-refractivity contribution in [2.45, 2.75) is 12.1 Å². The van der Waals surface area contributed by atoms with Gasteiger partial charge in [-0.25, -0.2) is 0 Å². The first-order chi connectivity index (χ1) is 5.72. The highest BCUT2D eigenvalue weighted by Gasteiger charge is 2.03. The maximum atomic E-state index is 8.20. The quantitative estimate of drug-likeness (QED) is 0.231. The summed E-state index contributed by atoms with van der Waals surface area (Å²) in [6.07, 6.45) is 0. The molecule has 0 saturated carbocycles. The van der Waals surface area contributed by atoms with Gasteiger partial charge in [-0.15, -0.1) is 10.2 Å². The molecule has 12 heavy (non-hydrogen) atoms. The molecule has 1 aromatic rings. The largest absolute Gasteiger partial charge is 0.416 e. The van der Waals surface area contributed by atoms with Crippen LogP contribution in [0.3, 0.4) is 0 Å². The Morgan fingerprint density at radius 3 is 3.00 bits per heavy atom. The maximum absolute atomic E-state index is 8.20. The second kappa shape index (κ2) is 3.96. The van der Waals surface area contributed by atoms with E-state index in [0.29, 0.717) is 16.9 Å². The number of nitrogens with zero attached hydrogens (tertiary/aromatic N) is 3. The second-order valence-corrected chi connectivity index (χ2v) is 2.89. The average Bonchev–Trinajstić information content (AvgIpc) is 2.47. The summed E-state index contributed by atoms with van der Waals surface area (Å²) in [6.45, 7) is 1.69. The van der Waals surface area contributed by atoms with Gasteiger partial charge in [0.25, 0.3) is 5.22 Å². The van der Waals surface area contributed by atoms with Crippen molar-refractivity contribution >= 4 is 17.6 Å². The van der Waals surface area contributed by atoms with E-state index in [1.165, 1.54) is 11.8 Å². The highest BCUT2D eigenvalue weighted by molar-refractivity contribution is 7.99. The first kappa shape index (κ1) is 8.85. The lowest BCUT2D eigenvalue weighted by Gasteiger charge is -1.92. The van der Waals surface area contributed by atoms with E-state index in [2.05, 4.69) is 15.4 Å². The number of hydrogen-bond donors (Lipinski definition) is 2. The molecule has 0 aliphatic carbocycles. The van der Waals surface area contributed by atoms with E-state index in [4.69, 9.17) is 15.4 Å². The predicted molar refractivity (Wildman–Crippen MR) is 43.2 cm³/mol. The first-order valence-electron chi connectivity index (χ1n) is 3.11. The van der Waals surface area contributed by atoms with Crippen LogP contribution in [0.2, 0.25) is 0 Å². The Kier molecular flexibility index (Phi) is 2.92. The van der Waals surface area contributed by atoms with Crippen molar-refractivity contribution < 1.29 is 9.62 Å². The standard InChI is InChI=1S/C5H8N4O2S/c1-3-7-8-5(11-3)12-2-4(6)9-10/h10H,2H2,1H3,(H2,6,9). The molecular weight excluding hydrogens is 180 g/mol. The summed E-state index contributed by atoms with van der Waals surface area (Å²) in [7, 11) is 0. The van der Waals surface area contributed by atoms with Gasteiger partial charge in [0.2, 0.25) is 5.89 Å². The van der Waals surface area contributed by atoms with Gasteiger partial charge in [-0.05, 0) is 0 Å². The summed E-state index contributed by atoms with van der Waals surface area (Å²) in [6, 6.07) is 0. The molecule has 0 aliphatic heterocycles. The molecule has 6 nitrogen and oxygen atoms in total. The van der Waals surface area contributed by atoms with Crippen molar-refractivity contribution in [2.75, 3.05) is 5.75 Å². The minimum Gasteiger partial charge on any atom is -0.416 e. The number of aromatic nitrogens is 2. The molecule has 0 aliphatic rings. The Labute approximate surface area is 72.8 Å². The molecule has 0 radical (unpaired) electrons. The van der Waals surface area contributed by atoms with Crippen LogP contribution in [0.5, 0.6) is 0 Å². The van der Waals surface area contributed by atoms with Crippen LogP contribution in [0.15, 0.2) is 14.8 Å². The van der Waals surface area contributed by atoms with Crippen LogP contribution in [-0.4, -0.2) is 27.0 Å². The fourth-order valence-electron chi connectivity index (χ4n) is 0.501.